The smallest absolute Gasteiger partial charge is 0.593 e. The van der Waals surface area contributed by atoms with Crippen molar-refractivity contribution in [3.05, 3.63) is 0 Å². The van der Waals surface area contributed by atoms with Crippen molar-refractivity contribution in [2.24, 2.45) is 0 Å². The Morgan fingerprint density at radius 1 is 1.10 bits per heavy atom. The normalized spacial score (nSPS) is 21.0. The predicted molar refractivity (Wildman–Crippen MR) is 20.2 cm³/mol. The second-order valence-electron chi connectivity index (χ2n) is 1.35. The number of carbonyl (C=O) groups is 2. The van der Waals surface area contributed by atoms with Crippen LogP contribution in [0.15, 0.2) is 0 Å². The maximum absolute atomic E-state index is 11.6. The topological polar surface area (TPSA) is 52.6 Å². The van der Waals surface area contributed by atoms with E-state index < -0.39 is 19.0 Å². The van der Waals surface area contributed by atoms with E-state index >= 15 is 0 Å². The third-order valence-electron chi connectivity index (χ3n) is 0.655. The van der Waals surface area contributed by atoms with Crippen LogP contribution in [0.2, 0.25) is 0 Å². The summed E-state index contributed by atoms with van der Waals surface area (Å²) in [7, 11) is -4.65. The minimum absolute atomic E-state index is 0. The van der Waals surface area contributed by atoms with Gasteiger partial charge in [0.25, 0.3) is 0 Å². The van der Waals surface area contributed by atoms with Gasteiger partial charge in [0.1, 0.15) is 0 Å². The Bertz CT molecular complexity index is 164. The molecule has 0 radical (unpaired) electrons. The Kier molecular flexibility index (Phi) is 2.46. The molecule has 0 atom stereocenters. The summed E-state index contributed by atoms with van der Waals surface area (Å²) in [6.07, 6.45) is 0. The molecule has 0 N–H and O–H groups in total. The van der Waals surface area contributed by atoms with E-state index in [2.05, 4.69) is 9.31 Å². The maximum atomic E-state index is 11.6. The first-order chi connectivity index (χ1) is 4.01. The van der Waals surface area contributed by atoms with Crippen molar-refractivity contribution in [1.82, 2.24) is 0 Å². The Balaban J connectivity index is 0.000000810. The molecule has 8 heteroatoms. The molecule has 4 nitrogen and oxygen atoms in total. The van der Waals surface area contributed by atoms with Crippen molar-refractivity contribution in [3.8, 4) is 0 Å². The van der Waals surface area contributed by atoms with Gasteiger partial charge in [0, 0.05) is 0 Å². The summed E-state index contributed by atoms with van der Waals surface area (Å²) in [4.78, 5) is 19.7. The van der Waals surface area contributed by atoms with Crippen LogP contribution in [0.4, 0.5) is 8.63 Å². The van der Waals surface area contributed by atoms with Gasteiger partial charge in [-0.15, -0.1) is 0 Å². The molecule has 50 valence electrons. The van der Waals surface area contributed by atoms with Crippen molar-refractivity contribution in [3.63, 3.8) is 0 Å². The van der Waals surface area contributed by atoms with E-state index in [-0.39, 0.29) is 18.9 Å². The molecule has 0 aliphatic carbocycles. The molecule has 1 heterocycles. The minimum Gasteiger partial charge on any atom is -0.593 e. The van der Waals surface area contributed by atoms with Gasteiger partial charge in [0.05, 0.1) is 0 Å². The molecular formula is C2BF2LiO4. The van der Waals surface area contributed by atoms with Gasteiger partial charge < -0.3 is 17.9 Å². The predicted octanol–water partition coefficient (Wildman–Crippen LogP) is -3.54. The molecule has 1 aliphatic rings. The average molecular weight is 144 g/mol. The van der Waals surface area contributed by atoms with Crippen LogP contribution in [0.25, 0.3) is 0 Å². The van der Waals surface area contributed by atoms with E-state index in [0.29, 0.717) is 0 Å². The first-order valence-corrected chi connectivity index (χ1v) is 1.97. The first kappa shape index (κ1) is 9.46. The Labute approximate surface area is 66.1 Å². The van der Waals surface area contributed by atoms with Crippen LogP contribution >= 0.6 is 0 Å². The van der Waals surface area contributed by atoms with Crippen molar-refractivity contribution < 1.29 is 46.4 Å². The van der Waals surface area contributed by atoms with Gasteiger partial charge >= 0.3 is 37.9 Å². The van der Waals surface area contributed by atoms with Crippen molar-refractivity contribution in [1.29, 1.82) is 0 Å². The molecule has 1 saturated heterocycles. The monoisotopic (exact) mass is 144 g/mol. The van der Waals surface area contributed by atoms with E-state index in [0.717, 1.165) is 0 Å². The Morgan fingerprint density at radius 2 is 1.40 bits per heavy atom. The third-order valence-corrected chi connectivity index (χ3v) is 0.655. The summed E-state index contributed by atoms with van der Waals surface area (Å²) in [5, 5.41) is 0. The summed E-state index contributed by atoms with van der Waals surface area (Å²) >= 11 is 0. The molecule has 0 saturated carbocycles. The summed E-state index contributed by atoms with van der Waals surface area (Å²) in [6, 6.07) is 0. The van der Waals surface area contributed by atoms with Gasteiger partial charge in [-0.1, -0.05) is 0 Å². The minimum atomic E-state index is -4.65. The standard InChI is InChI=1S/C2BF2O4.Li/c4-3(5)8-1(6)2(7)9-3;/q-1;+1. The average Bonchev–Trinajstić information content (AvgIpc) is 1.79. The number of halogens is 2. The fourth-order valence-electron chi connectivity index (χ4n) is 0.370. The summed E-state index contributed by atoms with van der Waals surface area (Å²) in [6.45, 7) is 0. The molecule has 1 fully saturated rings. The van der Waals surface area contributed by atoms with Crippen LogP contribution in [0.3, 0.4) is 0 Å². The van der Waals surface area contributed by atoms with E-state index in [9.17, 15) is 18.2 Å². The van der Waals surface area contributed by atoms with Gasteiger partial charge in [0.2, 0.25) is 0 Å². The quantitative estimate of drug-likeness (QED) is 0.261. The van der Waals surface area contributed by atoms with Gasteiger partial charge in [0.15, 0.2) is 0 Å². The number of rotatable bonds is 0. The Hall–Kier alpha value is -0.538. The second kappa shape index (κ2) is 2.60. The summed E-state index contributed by atoms with van der Waals surface area (Å²) < 4.78 is 29.6. The molecule has 10 heavy (non-hydrogen) atoms. The maximum Gasteiger partial charge on any atom is 1.00 e. The molecular weight excluding hydrogens is 144 g/mol. The zero-order chi connectivity index (χ0) is 7.07. The van der Waals surface area contributed by atoms with Crippen LogP contribution in [-0.4, -0.2) is 19.0 Å². The van der Waals surface area contributed by atoms with Crippen molar-refractivity contribution in [2.75, 3.05) is 0 Å². The largest absolute Gasteiger partial charge is 1.00 e. The fraction of sp³-hybridized carbons (Fsp3) is 0. The molecule has 0 unspecified atom stereocenters. The summed E-state index contributed by atoms with van der Waals surface area (Å²) in [5.41, 5.74) is 0. The van der Waals surface area contributed by atoms with Gasteiger partial charge in [-0.3, -0.25) is 0 Å². The molecule has 0 spiro atoms. The summed E-state index contributed by atoms with van der Waals surface area (Å²) in [5.74, 6) is -3.28. The SMILES string of the molecule is O=C1O[B-](F)(F)OC1=O.[Li+]. The van der Waals surface area contributed by atoms with Crippen LogP contribution in [0, 0.1) is 0 Å². The van der Waals surface area contributed by atoms with Crippen LogP contribution < -0.4 is 18.9 Å². The van der Waals surface area contributed by atoms with Crippen molar-refractivity contribution in [2.45, 2.75) is 0 Å². The molecule has 0 aromatic carbocycles. The zero-order valence-corrected chi connectivity index (χ0v) is 4.97. The molecule has 0 amide bonds. The molecule has 0 aromatic rings. The van der Waals surface area contributed by atoms with E-state index in [1.54, 1.807) is 0 Å². The molecule has 1 rings (SSSR count). The van der Waals surface area contributed by atoms with Crippen LogP contribution in [0.1, 0.15) is 0 Å². The third kappa shape index (κ3) is 1.72. The fourth-order valence-corrected chi connectivity index (χ4v) is 0.370. The van der Waals surface area contributed by atoms with E-state index in [1.165, 1.54) is 0 Å². The number of hydrogen-bond donors (Lipinski definition) is 0. The van der Waals surface area contributed by atoms with Crippen LogP contribution in [-0.2, 0) is 18.9 Å². The van der Waals surface area contributed by atoms with Gasteiger partial charge in [-0.05, 0) is 0 Å². The number of hydrogen-bond acceptors (Lipinski definition) is 4. The van der Waals surface area contributed by atoms with E-state index in [4.69, 9.17) is 0 Å². The zero-order valence-electron chi connectivity index (χ0n) is 4.97. The molecule has 1 aliphatic heterocycles. The van der Waals surface area contributed by atoms with Crippen LogP contribution in [0.5, 0.6) is 0 Å². The van der Waals surface area contributed by atoms with Gasteiger partial charge in [-0.2, -0.15) is 0 Å². The molecule has 0 aromatic heterocycles. The first-order valence-electron chi connectivity index (χ1n) is 1.97. The number of carbonyl (C=O) groups excluding carboxylic acids is 2. The van der Waals surface area contributed by atoms with E-state index in [1.807, 2.05) is 0 Å². The van der Waals surface area contributed by atoms with Gasteiger partial charge in [-0.25, -0.2) is 9.59 Å². The molecule has 0 bridgehead atoms. The Morgan fingerprint density at radius 3 is 1.50 bits per heavy atom. The second-order valence-corrected chi connectivity index (χ2v) is 1.35. The van der Waals surface area contributed by atoms with Crippen molar-refractivity contribution >= 4 is 19.0 Å².